The highest BCUT2D eigenvalue weighted by molar-refractivity contribution is 5.78. The summed E-state index contributed by atoms with van der Waals surface area (Å²) in [6.45, 7) is 4.27. The van der Waals surface area contributed by atoms with Crippen molar-refractivity contribution in [2.24, 2.45) is 0 Å². The predicted molar refractivity (Wildman–Crippen MR) is 74.9 cm³/mol. The maximum absolute atomic E-state index is 12.0. The molecule has 2 fully saturated rings. The summed E-state index contributed by atoms with van der Waals surface area (Å²) in [5.41, 5.74) is 0. The Morgan fingerprint density at radius 1 is 1.15 bits per heavy atom. The minimum Gasteiger partial charge on any atom is -0.320 e. The number of carbonyl (C=O) groups excluding carboxylic acids is 1. The zero-order valence-corrected chi connectivity index (χ0v) is 11.9. The largest absolute Gasteiger partial charge is 0.320 e. The fourth-order valence-corrected chi connectivity index (χ4v) is 3.27. The summed E-state index contributed by atoms with van der Waals surface area (Å²) in [4.78, 5) is 20.5. The predicted octanol–water partition coefficient (Wildman–Crippen LogP) is 1.28. The Labute approximate surface area is 119 Å². The monoisotopic (exact) mass is 277 g/mol. The minimum absolute atomic E-state index is 0.0365. The zero-order chi connectivity index (χ0) is 13.8. The minimum atomic E-state index is 0.0365. The first kappa shape index (κ1) is 13.5. The number of likely N-dealkylation sites (tertiary alicyclic amines) is 2. The van der Waals surface area contributed by atoms with Crippen molar-refractivity contribution in [2.45, 2.75) is 44.7 Å². The zero-order valence-electron chi connectivity index (χ0n) is 11.9. The summed E-state index contributed by atoms with van der Waals surface area (Å²) < 4.78 is 1.84. The van der Waals surface area contributed by atoms with Crippen LogP contribution in [0.3, 0.4) is 0 Å². The van der Waals surface area contributed by atoms with Gasteiger partial charge in [-0.05, 0) is 32.4 Å². The molecule has 0 radical (unpaired) electrons. The number of nitrogens with zero attached hydrogens (tertiary/aromatic N) is 5. The summed E-state index contributed by atoms with van der Waals surface area (Å²) in [5.74, 6) is 0.254. The molecule has 0 bridgehead atoms. The molecule has 0 N–H and O–H groups in total. The van der Waals surface area contributed by atoms with Crippen LogP contribution in [0, 0.1) is 0 Å². The lowest BCUT2D eigenvalue weighted by atomic mass is 10.1. The van der Waals surface area contributed by atoms with Gasteiger partial charge in [0.1, 0.15) is 18.8 Å². The van der Waals surface area contributed by atoms with Crippen molar-refractivity contribution in [1.82, 2.24) is 24.6 Å². The summed E-state index contributed by atoms with van der Waals surface area (Å²) in [7, 11) is 0. The molecular formula is C14H23N5O. The first-order chi connectivity index (χ1) is 9.84. The van der Waals surface area contributed by atoms with Crippen LogP contribution >= 0.6 is 0 Å². The second-order valence-electron chi connectivity index (χ2n) is 5.74. The first-order valence-electron chi connectivity index (χ1n) is 7.70. The van der Waals surface area contributed by atoms with Crippen LogP contribution in [0.5, 0.6) is 0 Å². The molecule has 20 heavy (non-hydrogen) atoms. The lowest BCUT2D eigenvalue weighted by Crippen LogP contribution is -2.38. The van der Waals surface area contributed by atoms with E-state index in [9.17, 15) is 4.79 Å². The summed E-state index contributed by atoms with van der Waals surface area (Å²) in [6.07, 6.45) is 9.86. The molecule has 1 unspecified atom stereocenters. The molecule has 1 amide bonds. The van der Waals surface area contributed by atoms with Crippen LogP contribution in [0.2, 0.25) is 0 Å². The van der Waals surface area contributed by atoms with Crippen LogP contribution < -0.4 is 0 Å². The number of rotatable bonds is 5. The van der Waals surface area contributed by atoms with E-state index in [1.807, 2.05) is 9.58 Å². The van der Waals surface area contributed by atoms with E-state index in [-0.39, 0.29) is 12.1 Å². The lowest BCUT2D eigenvalue weighted by molar-refractivity contribution is -0.132. The Balaban J connectivity index is 1.64. The topological polar surface area (TPSA) is 54.3 Å². The van der Waals surface area contributed by atoms with Crippen molar-refractivity contribution in [3.05, 3.63) is 12.7 Å². The van der Waals surface area contributed by atoms with Crippen LogP contribution in [0.15, 0.2) is 12.7 Å². The summed E-state index contributed by atoms with van der Waals surface area (Å²) in [6, 6.07) is 0. The third-order valence-electron chi connectivity index (χ3n) is 4.36. The van der Waals surface area contributed by atoms with Gasteiger partial charge in [-0.15, -0.1) is 0 Å². The molecule has 110 valence electrons. The van der Waals surface area contributed by atoms with Crippen molar-refractivity contribution in [1.29, 1.82) is 0 Å². The Kier molecular flexibility index (Phi) is 4.30. The lowest BCUT2D eigenvalue weighted by Gasteiger charge is -2.32. The van der Waals surface area contributed by atoms with E-state index in [0.29, 0.717) is 6.42 Å². The Morgan fingerprint density at radius 3 is 2.65 bits per heavy atom. The average Bonchev–Trinajstić information content (AvgIpc) is 3.13. The van der Waals surface area contributed by atoms with Crippen molar-refractivity contribution < 1.29 is 4.79 Å². The van der Waals surface area contributed by atoms with E-state index in [1.54, 1.807) is 12.7 Å². The van der Waals surface area contributed by atoms with Crippen LogP contribution in [-0.4, -0.2) is 56.7 Å². The number of piperidine rings is 1. The van der Waals surface area contributed by atoms with Gasteiger partial charge in [0.2, 0.25) is 5.91 Å². The Hall–Kier alpha value is -1.43. The van der Waals surface area contributed by atoms with Crippen LogP contribution in [0.1, 0.15) is 44.7 Å². The highest BCUT2D eigenvalue weighted by atomic mass is 16.2. The molecule has 2 aliphatic rings. The number of hydrogen-bond donors (Lipinski definition) is 0. The third-order valence-corrected chi connectivity index (χ3v) is 4.36. The highest BCUT2D eigenvalue weighted by Gasteiger charge is 2.29. The molecule has 3 heterocycles. The maximum atomic E-state index is 12.0. The summed E-state index contributed by atoms with van der Waals surface area (Å²) >= 11 is 0. The molecule has 1 atom stereocenters. The average molecular weight is 277 g/mol. The van der Waals surface area contributed by atoms with Gasteiger partial charge in [-0.2, -0.15) is 5.10 Å². The molecule has 0 aromatic carbocycles. The number of amides is 1. The number of carbonyl (C=O) groups is 1. The van der Waals surface area contributed by atoms with E-state index >= 15 is 0 Å². The van der Waals surface area contributed by atoms with Crippen molar-refractivity contribution in [3.63, 3.8) is 0 Å². The van der Waals surface area contributed by atoms with E-state index in [4.69, 9.17) is 0 Å². The van der Waals surface area contributed by atoms with Gasteiger partial charge in [-0.3, -0.25) is 4.79 Å². The third kappa shape index (κ3) is 3.00. The molecule has 1 aromatic rings. The molecule has 2 aliphatic heterocycles. The van der Waals surface area contributed by atoms with Crippen molar-refractivity contribution in [3.8, 4) is 0 Å². The number of hydrogen-bond acceptors (Lipinski definition) is 4. The first-order valence-corrected chi connectivity index (χ1v) is 7.70. The normalized spacial score (nSPS) is 22.4. The van der Waals surface area contributed by atoms with Gasteiger partial charge in [-0.1, -0.05) is 6.42 Å². The van der Waals surface area contributed by atoms with Gasteiger partial charge >= 0.3 is 0 Å². The molecule has 6 heteroatoms. The molecule has 0 saturated carbocycles. The van der Waals surface area contributed by atoms with Crippen LogP contribution in [0.25, 0.3) is 0 Å². The number of aromatic nitrogens is 3. The second kappa shape index (κ2) is 6.35. The SMILES string of the molecule is O=C1CCCN1C(CCN1CCCCC1)n1cncn1. The Morgan fingerprint density at radius 2 is 2.00 bits per heavy atom. The molecule has 2 saturated heterocycles. The van der Waals surface area contributed by atoms with Gasteiger partial charge in [0.25, 0.3) is 0 Å². The fraction of sp³-hybridized carbons (Fsp3) is 0.786. The Bertz CT molecular complexity index is 427. The molecule has 6 nitrogen and oxygen atoms in total. The quantitative estimate of drug-likeness (QED) is 0.813. The van der Waals surface area contributed by atoms with E-state index in [0.717, 1.165) is 25.9 Å². The van der Waals surface area contributed by atoms with Crippen LogP contribution in [-0.2, 0) is 4.79 Å². The molecular weight excluding hydrogens is 254 g/mol. The fourth-order valence-electron chi connectivity index (χ4n) is 3.27. The molecule has 0 spiro atoms. The molecule has 0 aliphatic carbocycles. The van der Waals surface area contributed by atoms with E-state index in [2.05, 4.69) is 15.0 Å². The van der Waals surface area contributed by atoms with Gasteiger partial charge in [0.15, 0.2) is 0 Å². The van der Waals surface area contributed by atoms with E-state index in [1.165, 1.54) is 32.4 Å². The van der Waals surface area contributed by atoms with Gasteiger partial charge in [-0.25, -0.2) is 9.67 Å². The summed E-state index contributed by atoms with van der Waals surface area (Å²) in [5, 5.41) is 4.25. The highest BCUT2D eigenvalue weighted by Crippen LogP contribution is 2.24. The van der Waals surface area contributed by atoms with Gasteiger partial charge in [0.05, 0.1) is 0 Å². The molecule has 3 rings (SSSR count). The smallest absolute Gasteiger partial charge is 0.224 e. The standard InChI is InChI=1S/C14H23N5O/c20-14-5-4-9-18(14)13(19-12-15-11-16-19)6-10-17-7-2-1-3-8-17/h11-13H,1-10H2. The maximum Gasteiger partial charge on any atom is 0.224 e. The second-order valence-corrected chi connectivity index (χ2v) is 5.74. The van der Waals surface area contributed by atoms with Crippen LogP contribution in [0.4, 0.5) is 0 Å². The van der Waals surface area contributed by atoms with Crippen molar-refractivity contribution >= 4 is 5.91 Å². The van der Waals surface area contributed by atoms with E-state index < -0.39 is 0 Å². The van der Waals surface area contributed by atoms with Gasteiger partial charge in [0, 0.05) is 25.9 Å². The molecule has 1 aromatic heterocycles. The van der Waals surface area contributed by atoms with Crippen molar-refractivity contribution in [2.75, 3.05) is 26.2 Å². The van der Waals surface area contributed by atoms with Gasteiger partial charge < -0.3 is 9.80 Å².